The van der Waals surface area contributed by atoms with Gasteiger partial charge in [-0.25, -0.2) is 4.79 Å². The van der Waals surface area contributed by atoms with Gasteiger partial charge < -0.3 is 19.1 Å². The van der Waals surface area contributed by atoms with Crippen molar-refractivity contribution in [2.45, 2.75) is 58.3 Å². The second-order valence-corrected chi connectivity index (χ2v) is 12.5. The van der Waals surface area contributed by atoms with E-state index in [1.165, 1.54) is 5.56 Å². The highest BCUT2D eigenvalue weighted by Gasteiger charge is 2.28. The van der Waals surface area contributed by atoms with Crippen LogP contribution < -0.4 is 9.47 Å². The van der Waals surface area contributed by atoms with Gasteiger partial charge in [-0.05, 0) is 68.4 Å². The van der Waals surface area contributed by atoms with Gasteiger partial charge in [0.25, 0.3) is 0 Å². The average Bonchev–Trinajstić information content (AvgIpc) is 3.38. The summed E-state index contributed by atoms with van der Waals surface area (Å²) in [7, 11) is 1.97. The molecule has 0 saturated carbocycles. The summed E-state index contributed by atoms with van der Waals surface area (Å²) in [5.41, 5.74) is 5.53. The molecule has 1 saturated heterocycles. The number of benzene rings is 3. The maximum Gasteiger partial charge on any atom is 0.410 e. The van der Waals surface area contributed by atoms with Crippen LogP contribution in [-0.2, 0) is 25.0 Å². The van der Waals surface area contributed by atoms with E-state index in [0.717, 1.165) is 46.1 Å². The molecule has 0 atom stereocenters. The second kappa shape index (κ2) is 13.0. The molecule has 8 nitrogen and oxygen atoms in total. The van der Waals surface area contributed by atoms with Gasteiger partial charge in [0.1, 0.15) is 24.5 Å². The van der Waals surface area contributed by atoms with Crippen molar-refractivity contribution in [2.75, 3.05) is 13.1 Å². The number of pyridine rings is 1. The fourth-order valence-electron chi connectivity index (χ4n) is 5.70. The van der Waals surface area contributed by atoms with E-state index in [0.29, 0.717) is 44.0 Å². The number of hydrogen-bond donors (Lipinski definition) is 0. The molecule has 0 spiro atoms. The highest BCUT2D eigenvalue weighted by Crippen LogP contribution is 2.37. The van der Waals surface area contributed by atoms with Crippen LogP contribution in [0.15, 0.2) is 91.0 Å². The van der Waals surface area contributed by atoms with Gasteiger partial charge in [0.2, 0.25) is 11.8 Å². The Morgan fingerprint density at radius 1 is 0.844 bits per heavy atom. The van der Waals surface area contributed by atoms with Crippen LogP contribution in [0.5, 0.6) is 11.8 Å². The first-order valence-electron chi connectivity index (χ1n) is 15.5. The summed E-state index contributed by atoms with van der Waals surface area (Å²) in [4.78, 5) is 19.2. The van der Waals surface area contributed by atoms with E-state index >= 15 is 0 Å². The summed E-state index contributed by atoms with van der Waals surface area (Å²) in [6.45, 7) is 7.85. The van der Waals surface area contributed by atoms with E-state index < -0.39 is 5.60 Å². The minimum absolute atomic E-state index is 0.233. The van der Waals surface area contributed by atoms with Crippen molar-refractivity contribution < 1.29 is 19.0 Å². The number of piperidine rings is 1. The zero-order valence-electron chi connectivity index (χ0n) is 26.4. The minimum atomic E-state index is -0.492. The van der Waals surface area contributed by atoms with Crippen LogP contribution in [0.25, 0.3) is 22.2 Å². The molecule has 0 radical (unpaired) electrons. The number of nitrogens with zero attached hydrogens (tertiary/aromatic N) is 4. The molecular formula is C37H40N4O4. The maximum atomic E-state index is 12.6. The van der Waals surface area contributed by atoms with Crippen LogP contribution in [0, 0.1) is 0 Å². The Morgan fingerprint density at radius 2 is 1.49 bits per heavy atom. The van der Waals surface area contributed by atoms with E-state index in [9.17, 15) is 4.79 Å². The third kappa shape index (κ3) is 7.28. The predicted molar refractivity (Wildman–Crippen MR) is 175 cm³/mol. The van der Waals surface area contributed by atoms with Gasteiger partial charge in [-0.3, -0.25) is 4.68 Å². The van der Waals surface area contributed by atoms with E-state index in [-0.39, 0.29) is 6.09 Å². The van der Waals surface area contributed by atoms with E-state index in [4.69, 9.17) is 24.3 Å². The van der Waals surface area contributed by atoms with Crippen LogP contribution >= 0.6 is 0 Å². The monoisotopic (exact) mass is 604 g/mol. The molecule has 1 amide bonds. The number of likely N-dealkylation sites (tertiary alicyclic amines) is 1. The fraction of sp³-hybridized carbons (Fsp3) is 0.324. The van der Waals surface area contributed by atoms with Gasteiger partial charge in [0.05, 0.1) is 11.1 Å². The van der Waals surface area contributed by atoms with Crippen LogP contribution in [0.1, 0.15) is 56.2 Å². The number of amides is 1. The largest absolute Gasteiger partial charge is 0.473 e. The molecule has 2 aromatic heterocycles. The summed E-state index contributed by atoms with van der Waals surface area (Å²) < 4.78 is 19.9. The maximum absolute atomic E-state index is 12.6. The van der Waals surface area contributed by atoms with E-state index in [2.05, 4.69) is 18.2 Å². The lowest BCUT2D eigenvalue weighted by atomic mass is 9.89. The highest BCUT2D eigenvalue weighted by atomic mass is 16.6. The molecule has 5 aromatic rings. The number of carbonyl (C=O) groups excluding carboxylic acids is 1. The number of ether oxygens (including phenoxy) is 3. The van der Waals surface area contributed by atoms with E-state index in [1.54, 1.807) is 0 Å². The molecule has 232 valence electrons. The molecule has 0 unspecified atom stereocenters. The van der Waals surface area contributed by atoms with Crippen LogP contribution in [-0.4, -0.2) is 44.4 Å². The van der Waals surface area contributed by atoms with E-state index in [1.807, 2.05) is 110 Å². The highest BCUT2D eigenvalue weighted by molar-refractivity contribution is 5.95. The van der Waals surface area contributed by atoms with Crippen molar-refractivity contribution in [3.05, 3.63) is 108 Å². The van der Waals surface area contributed by atoms with Gasteiger partial charge in [-0.15, -0.1) is 0 Å². The number of carbonyl (C=O) groups is 1. The van der Waals surface area contributed by atoms with Crippen molar-refractivity contribution in [3.63, 3.8) is 0 Å². The molecule has 1 fully saturated rings. The number of fused-ring (bicyclic) bond motifs is 1. The summed E-state index contributed by atoms with van der Waals surface area (Å²) in [5, 5.41) is 5.97. The molecule has 0 N–H and O–H groups in total. The van der Waals surface area contributed by atoms with Crippen LogP contribution in [0.2, 0.25) is 0 Å². The zero-order valence-corrected chi connectivity index (χ0v) is 26.4. The van der Waals surface area contributed by atoms with Crippen molar-refractivity contribution in [1.29, 1.82) is 0 Å². The number of hydrogen-bond acceptors (Lipinski definition) is 6. The molecule has 8 heteroatoms. The molecule has 45 heavy (non-hydrogen) atoms. The van der Waals surface area contributed by atoms with Gasteiger partial charge in [-0.1, -0.05) is 72.8 Å². The second-order valence-electron chi connectivity index (χ2n) is 12.5. The molecule has 0 bridgehead atoms. The third-order valence-electron chi connectivity index (χ3n) is 8.03. The van der Waals surface area contributed by atoms with Crippen molar-refractivity contribution in [1.82, 2.24) is 19.7 Å². The van der Waals surface area contributed by atoms with Crippen LogP contribution in [0.3, 0.4) is 0 Å². The molecule has 1 aliphatic rings. The van der Waals surface area contributed by atoms with Gasteiger partial charge in [0, 0.05) is 31.6 Å². The SMILES string of the molecule is Cn1nc(-c2ccc(OCc3ccccc3)nc2OCc2ccccc2)c2ccc(C3CCN(C(=O)OC(C)(C)C)CC3)cc21. The Kier molecular flexibility index (Phi) is 8.74. The normalized spacial score (nSPS) is 14.0. The molecular weight excluding hydrogens is 564 g/mol. The molecule has 3 heterocycles. The number of aromatic nitrogens is 3. The summed E-state index contributed by atoms with van der Waals surface area (Å²) in [6, 6.07) is 30.5. The smallest absolute Gasteiger partial charge is 0.410 e. The molecule has 0 aliphatic carbocycles. The summed E-state index contributed by atoms with van der Waals surface area (Å²) >= 11 is 0. The summed E-state index contributed by atoms with van der Waals surface area (Å²) in [5.74, 6) is 1.33. The predicted octanol–water partition coefficient (Wildman–Crippen LogP) is 7.91. The summed E-state index contributed by atoms with van der Waals surface area (Å²) in [6.07, 6.45) is 1.55. The standard InChI is InChI=1S/C37H40N4O4/c1-37(2,3)45-36(42)41-21-19-28(20-22-41)29-15-16-30-32(23-29)40(4)39-34(30)31-17-18-33(43-24-26-11-7-5-8-12-26)38-35(31)44-25-27-13-9-6-10-14-27/h5-18,23,28H,19-22,24-25H2,1-4H3. The van der Waals surface area contributed by atoms with Gasteiger partial charge in [-0.2, -0.15) is 10.1 Å². The Bertz CT molecular complexity index is 1750. The average molecular weight is 605 g/mol. The minimum Gasteiger partial charge on any atom is -0.473 e. The lowest BCUT2D eigenvalue weighted by Gasteiger charge is -2.33. The number of rotatable bonds is 8. The Morgan fingerprint density at radius 3 is 2.13 bits per heavy atom. The fourth-order valence-corrected chi connectivity index (χ4v) is 5.70. The lowest BCUT2D eigenvalue weighted by molar-refractivity contribution is 0.0205. The van der Waals surface area contributed by atoms with Crippen molar-refractivity contribution in [3.8, 4) is 23.0 Å². The first kappa shape index (κ1) is 30.2. The topological polar surface area (TPSA) is 78.7 Å². The first-order valence-corrected chi connectivity index (χ1v) is 15.5. The van der Waals surface area contributed by atoms with Gasteiger partial charge >= 0.3 is 6.09 Å². The molecule has 3 aromatic carbocycles. The van der Waals surface area contributed by atoms with Crippen LogP contribution in [0.4, 0.5) is 4.79 Å². The van der Waals surface area contributed by atoms with Crippen molar-refractivity contribution in [2.24, 2.45) is 7.05 Å². The first-order chi connectivity index (χ1) is 21.7. The number of aryl methyl sites for hydroxylation is 1. The third-order valence-corrected chi connectivity index (χ3v) is 8.03. The Balaban J connectivity index is 1.24. The Labute approximate surface area is 264 Å². The molecule has 6 rings (SSSR count). The lowest BCUT2D eigenvalue weighted by Crippen LogP contribution is -2.41. The van der Waals surface area contributed by atoms with Gasteiger partial charge in [0.15, 0.2) is 0 Å². The Hall–Kier alpha value is -4.85. The quantitative estimate of drug-likeness (QED) is 0.179. The molecule has 1 aliphatic heterocycles. The zero-order chi connectivity index (χ0) is 31.4. The van der Waals surface area contributed by atoms with Crippen molar-refractivity contribution >= 4 is 17.0 Å².